The van der Waals surface area contributed by atoms with E-state index in [0.717, 1.165) is 0 Å². The zero-order chi connectivity index (χ0) is 23.1. The Balaban J connectivity index is 1.43. The van der Waals surface area contributed by atoms with E-state index in [1.165, 1.54) is 41.9 Å². The summed E-state index contributed by atoms with van der Waals surface area (Å²) in [5, 5.41) is 8.38. The summed E-state index contributed by atoms with van der Waals surface area (Å²) < 4.78 is 21.6. The number of nitrogens with zero attached hydrogens (tertiary/aromatic N) is 4. The van der Waals surface area contributed by atoms with Gasteiger partial charge in [-0.25, -0.2) is 14.1 Å². The van der Waals surface area contributed by atoms with E-state index in [1.54, 1.807) is 34.9 Å². The maximum atomic E-state index is 13.3. The minimum absolute atomic E-state index is 0.0782. The molecule has 3 heterocycles. The van der Waals surface area contributed by atoms with Crippen molar-refractivity contribution in [2.75, 3.05) is 18.2 Å². The van der Waals surface area contributed by atoms with Crippen LogP contribution in [0.3, 0.4) is 0 Å². The maximum absolute atomic E-state index is 13.3. The van der Waals surface area contributed by atoms with Gasteiger partial charge in [-0.1, -0.05) is 23.4 Å². The van der Waals surface area contributed by atoms with E-state index in [4.69, 9.17) is 16.3 Å². The lowest BCUT2D eigenvalue weighted by molar-refractivity contribution is -0.116. The fourth-order valence-corrected chi connectivity index (χ4v) is 5.05. The summed E-state index contributed by atoms with van der Waals surface area (Å²) in [7, 11) is 1.51. The highest BCUT2D eigenvalue weighted by molar-refractivity contribution is 7.99. The molecule has 11 heteroatoms. The molecule has 2 aromatic carbocycles. The summed E-state index contributed by atoms with van der Waals surface area (Å²) in [4.78, 5) is 30.6. The van der Waals surface area contributed by atoms with Gasteiger partial charge in [-0.15, -0.1) is 0 Å². The van der Waals surface area contributed by atoms with Crippen molar-refractivity contribution in [2.45, 2.75) is 17.6 Å². The first kappa shape index (κ1) is 21.5. The number of anilines is 1. The fraction of sp³-hybridized carbons (Fsp3) is 0.182. The standard InChI is InChI=1S/C22H17ClFN5O3S/c1-32-18-7-2-12(23)8-17(18)26-19(30)9-15-11-33-22-27-20-16(21(31)28(15)22)10-25-29(20)14-5-3-13(24)4-6-14/h2-8,10,15H,9,11H2,1H3,(H,26,30). The van der Waals surface area contributed by atoms with Gasteiger partial charge in [0.1, 0.15) is 17.0 Å². The number of hydrogen-bond acceptors (Lipinski definition) is 6. The van der Waals surface area contributed by atoms with Crippen molar-refractivity contribution in [3.8, 4) is 11.4 Å². The molecule has 0 aliphatic carbocycles. The van der Waals surface area contributed by atoms with Gasteiger partial charge in [-0.2, -0.15) is 5.10 Å². The van der Waals surface area contributed by atoms with Gasteiger partial charge in [-0.3, -0.25) is 14.2 Å². The molecule has 0 radical (unpaired) electrons. The summed E-state index contributed by atoms with van der Waals surface area (Å²) in [5.41, 5.74) is 1.17. The molecule has 0 spiro atoms. The number of hydrogen-bond donors (Lipinski definition) is 1. The first-order chi connectivity index (χ1) is 15.9. The Labute approximate surface area is 196 Å². The number of carbonyl (C=O) groups is 1. The zero-order valence-corrected chi connectivity index (χ0v) is 18.9. The molecule has 33 heavy (non-hydrogen) atoms. The fourth-order valence-electron chi connectivity index (χ4n) is 3.75. The highest BCUT2D eigenvalue weighted by Gasteiger charge is 2.30. The van der Waals surface area contributed by atoms with Gasteiger partial charge in [0.25, 0.3) is 5.56 Å². The van der Waals surface area contributed by atoms with Crippen LogP contribution in [0.25, 0.3) is 16.7 Å². The lowest BCUT2D eigenvalue weighted by atomic mass is 10.2. The van der Waals surface area contributed by atoms with E-state index in [9.17, 15) is 14.0 Å². The van der Waals surface area contributed by atoms with Gasteiger partial charge in [0.05, 0.1) is 30.7 Å². The molecule has 4 aromatic rings. The van der Waals surface area contributed by atoms with Crippen molar-refractivity contribution in [2.24, 2.45) is 0 Å². The number of nitrogens with one attached hydrogen (secondary N) is 1. The largest absolute Gasteiger partial charge is 0.495 e. The van der Waals surface area contributed by atoms with Crippen LogP contribution in [0.15, 0.2) is 58.6 Å². The molecular weight excluding hydrogens is 469 g/mol. The van der Waals surface area contributed by atoms with Crippen molar-refractivity contribution in [3.05, 3.63) is 69.9 Å². The second kappa shape index (κ2) is 8.53. The summed E-state index contributed by atoms with van der Waals surface area (Å²) in [6.45, 7) is 0. The normalized spacial score (nSPS) is 14.9. The molecule has 168 valence electrons. The van der Waals surface area contributed by atoms with Crippen LogP contribution in [0.4, 0.5) is 10.1 Å². The van der Waals surface area contributed by atoms with Crippen LogP contribution in [0.1, 0.15) is 12.5 Å². The third kappa shape index (κ3) is 3.96. The topological polar surface area (TPSA) is 91.0 Å². The van der Waals surface area contributed by atoms with Crippen LogP contribution in [0.2, 0.25) is 5.02 Å². The SMILES string of the molecule is COc1ccc(Cl)cc1NC(=O)CC1CSc2nc3c(cnn3-c3ccc(F)cc3)c(=O)n21. The number of ether oxygens (including phenoxy) is 1. The molecule has 1 amide bonds. The van der Waals surface area contributed by atoms with Crippen molar-refractivity contribution in [1.82, 2.24) is 19.3 Å². The monoisotopic (exact) mass is 485 g/mol. The number of rotatable bonds is 5. The second-order valence-corrected chi connectivity index (χ2v) is 8.82. The van der Waals surface area contributed by atoms with E-state index in [-0.39, 0.29) is 29.7 Å². The Morgan fingerprint density at radius 2 is 2.09 bits per heavy atom. The Bertz CT molecular complexity index is 1440. The summed E-state index contributed by atoms with van der Waals surface area (Å²) in [6, 6.07) is 10.4. The average molecular weight is 486 g/mol. The number of thioether (sulfide) groups is 1. The molecule has 1 atom stereocenters. The molecule has 2 aromatic heterocycles. The average Bonchev–Trinajstić information content (AvgIpc) is 3.39. The van der Waals surface area contributed by atoms with E-state index < -0.39 is 0 Å². The van der Waals surface area contributed by atoms with E-state index in [0.29, 0.717) is 44.1 Å². The number of carbonyl (C=O) groups excluding carboxylic acids is 1. The lowest BCUT2D eigenvalue weighted by Crippen LogP contribution is -2.27. The Hall–Kier alpha value is -3.37. The van der Waals surface area contributed by atoms with Gasteiger partial charge in [0.2, 0.25) is 5.91 Å². The van der Waals surface area contributed by atoms with Crippen LogP contribution in [-0.2, 0) is 4.79 Å². The van der Waals surface area contributed by atoms with Crippen LogP contribution >= 0.6 is 23.4 Å². The number of methoxy groups -OCH3 is 1. The van der Waals surface area contributed by atoms with Gasteiger partial charge >= 0.3 is 0 Å². The quantitative estimate of drug-likeness (QED) is 0.429. The summed E-state index contributed by atoms with van der Waals surface area (Å²) in [5.74, 6) is 0.376. The highest BCUT2D eigenvalue weighted by Crippen LogP contribution is 2.34. The highest BCUT2D eigenvalue weighted by atomic mass is 35.5. The minimum atomic E-state index is -0.367. The van der Waals surface area contributed by atoms with E-state index in [2.05, 4.69) is 15.4 Å². The molecule has 0 saturated carbocycles. The van der Waals surface area contributed by atoms with Crippen molar-refractivity contribution < 1.29 is 13.9 Å². The van der Waals surface area contributed by atoms with Crippen LogP contribution in [0.5, 0.6) is 5.75 Å². The van der Waals surface area contributed by atoms with Crippen LogP contribution < -0.4 is 15.6 Å². The molecule has 0 fully saturated rings. The number of halogens is 2. The predicted octanol–water partition coefficient (Wildman–Crippen LogP) is 4.06. The maximum Gasteiger partial charge on any atom is 0.265 e. The number of aromatic nitrogens is 4. The molecule has 5 rings (SSSR count). The molecule has 8 nitrogen and oxygen atoms in total. The molecule has 0 saturated heterocycles. The van der Waals surface area contributed by atoms with Crippen LogP contribution in [0, 0.1) is 5.82 Å². The first-order valence-electron chi connectivity index (χ1n) is 9.97. The van der Waals surface area contributed by atoms with Gasteiger partial charge in [0, 0.05) is 17.2 Å². The van der Waals surface area contributed by atoms with Crippen molar-refractivity contribution in [1.29, 1.82) is 0 Å². The molecular formula is C22H17ClFN5O3S. The number of benzene rings is 2. The summed E-state index contributed by atoms with van der Waals surface area (Å²) >= 11 is 7.43. The number of fused-ring (bicyclic) bond motifs is 2. The Kier molecular flexibility index (Phi) is 5.55. The first-order valence-corrected chi connectivity index (χ1v) is 11.3. The van der Waals surface area contributed by atoms with Gasteiger partial charge < -0.3 is 10.1 Å². The molecule has 1 N–H and O–H groups in total. The third-order valence-electron chi connectivity index (χ3n) is 5.30. The van der Waals surface area contributed by atoms with Gasteiger partial charge in [0.15, 0.2) is 10.8 Å². The lowest BCUT2D eigenvalue weighted by Gasteiger charge is -2.15. The van der Waals surface area contributed by atoms with Crippen molar-refractivity contribution in [3.63, 3.8) is 0 Å². The molecule has 1 unspecified atom stereocenters. The van der Waals surface area contributed by atoms with Crippen LogP contribution in [-0.4, -0.2) is 38.1 Å². The van der Waals surface area contributed by atoms with Gasteiger partial charge in [-0.05, 0) is 42.5 Å². The minimum Gasteiger partial charge on any atom is -0.495 e. The molecule has 1 aliphatic heterocycles. The van der Waals surface area contributed by atoms with E-state index in [1.807, 2.05) is 0 Å². The summed E-state index contributed by atoms with van der Waals surface area (Å²) in [6.07, 6.45) is 1.52. The smallest absolute Gasteiger partial charge is 0.265 e. The van der Waals surface area contributed by atoms with E-state index >= 15 is 0 Å². The third-order valence-corrected chi connectivity index (χ3v) is 6.63. The zero-order valence-electron chi connectivity index (χ0n) is 17.3. The Morgan fingerprint density at radius 3 is 2.85 bits per heavy atom. The predicted molar refractivity (Wildman–Crippen MR) is 124 cm³/mol. The molecule has 0 bridgehead atoms. The van der Waals surface area contributed by atoms with Crippen molar-refractivity contribution >= 4 is 46.0 Å². The Morgan fingerprint density at radius 1 is 1.30 bits per heavy atom. The molecule has 1 aliphatic rings. The second-order valence-electron chi connectivity index (χ2n) is 7.40. The number of amides is 1.